The molecule has 0 amide bonds. The summed E-state index contributed by atoms with van der Waals surface area (Å²) in [6.45, 7) is 7.47. The Balaban J connectivity index is 3.01. The van der Waals surface area contributed by atoms with E-state index in [-0.39, 0.29) is 0 Å². The standard InChI is InChI=1S/C21H28O5/c1-7-9-16-10-11-19(20(12-16)25-6)26-15(3)21(22)17(8-2)13-18(24-5)14-23-4/h7-15,21-22H,2H2,1,3-6H3/t15-,21-/m1/s1. The van der Waals surface area contributed by atoms with Crippen molar-refractivity contribution in [2.24, 2.45) is 0 Å². The number of methoxy groups -OCH3 is 3. The molecule has 0 fully saturated rings. The molecule has 5 nitrogen and oxygen atoms in total. The summed E-state index contributed by atoms with van der Waals surface area (Å²) in [5.74, 6) is 1.61. The first-order chi connectivity index (χ1) is 12.5. The minimum absolute atomic E-state index is 0.460. The van der Waals surface area contributed by atoms with Crippen molar-refractivity contribution in [3.05, 3.63) is 66.2 Å². The van der Waals surface area contributed by atoms with E-state index in [9.17, 15) is 5.11 Å². The van der Waals surface area contributed by atoms with E-state index in [0.717, 1.165) is 5.56 Å². The lowest BCUT2D eigenvalue weighted by atomic mass is 10.0. The molecule has 0 saturated heterocycles. The SMILES string of the molecule is C=CC(=CC(=COC)OC)[C@H](O)[C@@H](C)Oc1ccc(C=CC)cc1OC. The molecule has 1 aromatic rings. The maximum atomic E-state index is 10.6. The van der Waals surface area contributed by atoms with Crippen LogP contribution in [0.3, 0.4) is 0 Å². The molecule has 0 radical (unpaired) electrons. The summed E-state index contributed by atoms with van der Waals surface area (Å²) < 4.78 is 21.4. The molecule has 26 heavy (non-hydrogen) atoms. The van der Waals surface area contributed by atoms with Gasteiger partial charge in [-0.3, -0.25) is 0 Å². The molecule has 1 rings (SSSR count). The van der Waals surface area contributed by atoms with Gasteiger partial charge in [0.15, 0.2) is 17.3 Å². The molecule has 2 atom stereocenters. The van der Waals surface area contributed by atoms with Crippen LogP contribution in [0, 0.1) is 0 Å². The highest BCUT2D eigenvalue weighted by molar-refractivity contribution is 5.55. The Morgan fingerprint density at radius 1 is 1.19 bits per heavy atom. The Morgan fingerprint density at radius 2 is 1.92 bits per heavy atom. The number of hydrogen-bond acceptors (Lipinski definition) is 5. The summed E-state index contributed by atoms with van der Waals surface area (Å²) >= 11 is 0. The molecule has 1 aromatic carbocycles. The van der Waals surface area contributed by atoms with Gasteiger partial charge in [0.25, 0.3) is 0 Å². The number of allylic oxidation sites excluding steroid dienone is 2. The fourth-order valence-electron chi connectivity index (χ4n) is 2.30. The quantitative estimate of drug-likeness (QED) is 0.503. The Morgan fingerprint density at radius 3 is 2.46 bits per heavy atom. The molecular weight excluding hydrogens is 332 g/mol. The molecule has 1 N–H and O–H groups in total. The van der Waals surface area contributed by atoms with Crippen molar-refractivity contribution < 1.29 is 24.1 Å². The smallest absolute Gasteiger partial charge is 0.161 e. The summed E-state index contributed by atoms with van der Waals surface area (Å²) in [4.78, 5) is 0. The molecule has 0 aliphatic rings. The fraction of sp³-hybridized carbons (Fsp3) is 0.333. The first kappa shape index (κ1) is 21.4. The van der Waals surface area contributed by atoms with Crippen LogP contribution in [0.25, 0.3) is 6.08 Å². The van der Waals surface area contributed by atoms with E-state index in [1.165, 1.54) is 20.5 Å². The average molecular weight is 360 g/mol. The average Bonchev–Trinajstić information content (AvgIpc) is 2.65. The lowest BCUT2D eigenvalue weighted by molar-refractivity contribution is 0.0716. The second-order valence-electron chi connectivity index (χ2n) is 5.49. The molecule has 5 heteroatoms. The zero-order valence-electron chi connectivity index (χ0n) is 16.1. The number of aliphatic hydroxyl groups excluding tert-OH is 1. The van der Waals surface area contributed by atoms with Crippen LogP contribution in [-0.4, -0.2) is 38.6 Å². The van der Waals surface area contributed by atoms with Crippen molar-refractivity contribution in [1.29, 1.82) is 0 Å². The van der Waals surface area contributed by atoms with Crippen LogP contribution >= 0.6 is 0 Å². The van der Waals surface area contributed by atoms with E-state index < -0.39 is 12.2 Å². The zero-order valence-corrected chi connectivity index (χ0v) is 16.1. The molecule has 0 bridgehead atoms. The van der Waals surface area contributed by atoms with Crippen LogP contribution < -0.4 is 9.47 Å². The minimum Gasteiger partial charge on any atom is -0.501 e. The monoisotopic (exact) mass is 360 g/mol. The van der Waals surface area contributed by atoms with Crippen molar-refractivity contribution in [2.75, 3.05) is 21.3 Å². The summed E-state index contributed by atoms with van der Waals surface area (Å²) in [6, 6.07) is 5.62. The van der Waals surface area contributed by atoms with Gasteiger partial charge in [0.1, 0.15) is 18.5 Å². The molecule has 0 aliphatic carbocycles. The lowest BCUT2D eigenvalue weighted by Gasteiger charge is -2.23. The lowest BCUT2D eigenvalue weighted by Crippen LogP contribution is -2.30. The Labute approximate surface area is 155 Å². The van der Waals surface area contributed by atoms with E-state index in [2.05, 4.69) is 6.58 Å². The molecule has 0 unspecified atom stereocenters. The topological polar surface area (TPSA) is 57.2 Å². The number of rotatable bonds is 10. The second-order valence-corrected chi connectivity index (χ2v) is 5.49. The van der Waals surface area contributed by atoms with E-state index in [1.54, 1.807) is 26.2 Å². The van der Waals surface area contributed by atoms with Crippen LogP contribution in [0.5, 0.6) is 11.5 Å². The van der Waals surface area contributed by atoms with Gasteiger partial charge in [0, 0.05) is 0 Å². The van der Waals surface area contributed by atoms with Crippen LogP contribution in [0.2, 0.25) is 0 Å². The van der Waals surface area contributed by atoms with E-state index in [1.807, 2.05) is 37.3 Å². The molecule has 0 heterocycles. The maximum absolute atomic E-state index is 10.6. The Bertz CT molecular complexity index is 673. The summed E-state index contributed by atoms with van der Waals surface area (Å²) in [7, 11) is 4.62. The second kappa shape index (κ2) is 11.1. The molecule has 142 valence electrons. The molecule has 0 saturated carbocycles. The van der Waals surface area contributed by atoms with Gasteiger partial charge in [-0.15, -0.1) is 0 Å². The first-order valence-electron chi connectivity index (χ1n) is 8.27. The van der Waals surface area contributed by atoms with Crippen molar-refractivity contribution in [2.45, 2.75) is 26.1 Å². The normalized spacial score (nSPS) is 14.7. The summed E-state index contributed by atoms with van der Waals surface area (Å²) in [5, 5.41) is 10.6. The van der Waals surface area contributed by atoms with Gasteiger partial charge >= 0.3 is 0 Å². The largest absolute Gasteiger partial charge is 0.501 e. The van der Waals surface area contributed by atoms with E-state index in [0.29, 0.717) is 22.8 Å². The first-order valence-corrected chi connectivity index (χ1v) is 8.27. The highest BCUT2D eigenvalue weighted by Gasteiger charge is 2.21. The highest BCUT2D eigenvalue weighted by Crippen LogP contribution is 2.30. The van der Waals surface area contributed by atoms with Crippen LogP contribution in [0.1, 0.15) is 19.4 Å². The third-order valence-corrected chi connectivity index (χ3v) is 3.66. The Kier molecular flexibility index (Phi) is 9.09. The molecule has 0 spiro atoms. The van der Waals surface area contributed by atoms with Crippen molar-refractivity contribution in [3.63, 3.8) is 0 Å². The van der Waals surface area contributed by atoms with Crippen molar-refractivity contribution in [1.82, 2.24) is 0 Å². The van der Waals surface area contributed by atoms with Gasteiger partial charge in [-0.1, -0.05) is 30.9 Å². The van der Waals surface area contributed by atoms with E-state index in [4.69, 9.17) is 18.9 Å². The molecule has 0 aliphatic heterocycles. The third-order valence-electron chi connectivity index (χ3n) is 3.66. The predicted molar refractivity (Wildman–Crippen MR) is 104 cm³/mol. The van der Waals surface area contributed by atoms with E-state index >= 15 is 0 Å². The summed E-state index contributed by atoms with van der Waals surface area (Å²) in [6.07, 6.45) is 7.10. The fourth-order valence-corrected chi connectivity index (χ4v) is 2.30. The number of ether oxygens (including phenoxy) is 4. The van der Waals surface area contributed by atoms with Crippen LogP contribution in [0.15, 0.2) is 60.6 Å². The number of hydrogen-bond donors (Lipinski definition) is 1. The highest BCUT2D eigenvalue weighted by atomic mass is 16.5. The Hall–Kier alpha value is -2.66. The predicted octanol–water partition coefficient (Wildman–Crippen LogP) is 4.10. The van der Waals surface area contributed by atoms with Gasteiger partial charge in [0.05, 0.1) is 21.3 Å². The van der Waals surface area contributed by atoms with Crippen molar-refractivity contribution >= 4 is 6.08 Å². The van der Waals surface area contributed by atoms with Gasteiger partial charge in [-0.05, 0) is 43.2 Å². The van der Waals surface area contributed by atoms with Gasteiger partial charge < -0.3 is 24.1 Å². The van der Waals surface area contributed by atoms with Crippen LogP contribution in [0.4, 0.5) is 0 Å². The van der Waals surface area contributed by atoms with Gasteiger partial charge in [-0.2, -0.15) is 0 Å². The molecular formula is C21H28O5. The van der Waals surface area contributed by atoms with Gasteiger partial charge in [-0.25, -0.2) is 0 Å². The third kappa shape index (κ3) is 6.01. The molecule has 0 aromatic heterocycles. The zero-order chi connectivity index (χ0) is 19.5. The van der Waals surface area contributed by atoms with Crippen molar-refractivity contribution in [3.8, 4) is 11.5 Å². The minimum atomic E-state index is -0.914. The van der Waals surface area contributed by atoms with Gasteiger partial charge in [0.2, 0.25) is 0 Å². The summed E-state index contributed by atoms with van der Waals surface area (Å²) in [5.41, 5.74) is 1.55. The maximum Gasteiger partial charge on any atom is 0.161 e. The van der Waals surface area contributed by atoms with Crippen LogP contribution in [-0.2, 0) is 9.47 Å². The number of aliphatic hydroxyl groups is 1. The number of benzene rings is 1.